The Kier molecular flexibility index (Phi) is 4.31. The van der Waals surface area contributed by atoms with Gasteiger partial charge in [0.2, 0.25) is 5.89 Å². The summed E-state index contributed by atoms with van der Waals surface area (Å²) < 4.78 is 5.47. The lowest BCUT2D eigenvalue weighted by Gasteiger charge is -2.33. The van der Waals surface area contributed by atoms with E-state index in [0.717, 1.165) is 50.5 Å². The molecule has 2 aliphatic rings. The van der Waals surface area contributed by atoms with Crippen molar-refractivity contribution in [2.24, 2.45) is 0 Å². The largest absolute Gasteiger partial charge is 0.356 e. The molecule has 0 saturated carbocycles. The first-order chi connectivity index (χ1) is 12.1. The van der Waals surface area contributed by atoms with E-state index in [-0.39, 0.29) is 0 Å². The molecule has 2 aromatic rings. The molecular weight excluding hydrogens is 316 g/mol. The predicted molar refractivity (Wildman–Crippen MR) is 96.2 cm³/mol. The highest BCUT2D eigenvalue weighted by atomic mass is 16.5. The van der Waals surface area contributed by atoms with E-state index in [1.54, 1.807) is 0 Å². The van der Waals surface area contributed by atoms with Gasteiger partial charge in [0, 0.05) is 44.4 Å². The number of anilines is 2. The summed E-state index contributed by atoms with van der Waals surface area (Å²) in [5, 5.41) is 4.04. The Morgan fingerprint density at radius 2 is 1.80 bits per heavy atom. The molecule has 0 aromatic carbocycles. The summed E-state index contributed by atoms with van der Waals surface area (Å²) in [5.74, 6) is 3.82. The number of hydrogen-bond donors (Lipinski definition) is 0. The minimum atomic E-state index is 0.344. The van der Waals surface area contributed by atoms with E-state index < -0.39 is 0 Å². The zero-order chi connectivity index (χ0) is 17.4. The number of hydrogen-bond acceptors (Lipinski definition) is 7. The van der Waals surface area contributed by atoms with E-state index in [1.165, 1.54) is 29.9 Å². The summed E-state index contributed by atoms with van der Waals surface area (Å²) in [6.45, 7) is 3.97. The predicted octanol–water partition coefficient (Wildman–Crippen LogP) is 2.50. The standard InChI is InChI=1S/C18H26N6O/c1-12-19-15-7-5-4-6-14(15)16(20-12)24-10-8-13(9-11-24)17-21-18(22-25-17)23(2)3/h13H,4-11H2,1-3H3. The maximum atomic E-state index is 5.47. The number of fused-ring (bicyclic) bond motifs is 1. The van der Waals surface area contributed by atoms with Gasteiger partial charge in [-0.3, -0.25) is 0 Å². The summed E-state index contributed by atoms with van der Waals surface area (Å²) in [6, 6.07) is 0. The molecule has 4 rings (SSSR count). The fourth-order valence-electron chi connectivity index (χ4n) is 3.87. The minimum Gasteiger partial charge on any atom is -0.356 e. The van der Waals surface area contributed by atoms with Gasteiger partial charge in [0.15, 0.2) is 0 Å². The molecule has 1 aliphatic carbocycles. The normalized spacial score (nSPS) is 18.3. The smallest absolute Gasteiger partial charge is 0.265 e. The average Bonchev–Trinajstić information content (AvgIpc) is 3.11. The summed E-state index contributed by atoms with van der Waals surface area (Å²) in [4.78, 5) is 18.3. The number of piperidine rings is 1. The van der Waals surface area contributed by atoms with Crippen molar-refractivity contribution < 1.29 is 4.52 Å². The van der Waals surface area contributed by atoms with Crippen LogP contribution in [0.2, 0.25) is 0 Å². The van der Waals surface area contributed by atoms with Gasteiger partial charge in [-0.2, -0.15) is 4.98 Å². The van der Waals surface area contributed by atoms with Gasteiger partial charge in [0.1, 0.15) is 11.6 Å². The molecule has 1 aliphatic heterocycles. The van der Waals surface area contributed by atoms with Gasteiger partial charge in [-0.05, 0) is 50.6 Å². The van der Waals surface area contributed by atoms with E-state index >= 15 is 0 Å². The first-order valence-corrected chi connectivity index (χ1v) is 9.24. The van der Waals surface area contributed by atoms with Crippen molar-refractivity contribution in [1.82, 2.24) is 20.1 Å². The topological polar surface area (TPSA) is 71.2 Å². The van der Waals surface area contributed by atoms with Crippen LogP contribution in [0.15, 0.2) is 4.52 Å². The zero-order valence-electron chi connectivity index (χ0n) is 15.3. The maximum Gasteiger partial charge on any atom is 0.265 e. The molecule has 7 heteroatoms. The van der Waals surface area contributed by atoms with Gasteiger partial charge >= 0.3 is 0 Å². The Labute approximate surface area is 148 Å². The van der Waals surface area contributed by atoms with Gasteiger partial charge in [-0.1, -0.05) is 0 Å². The van der Waals surface area contributed by atoms with Crippen LogP contribution in [0.4, 0.5) is 11.8 Å². The molecular formula is C18H26N6O. The van der Waals surface area contributed by atoms with Crippen molar-refractivity contribution in [3.8, 4) is 0 Å². The number of nitrogens with zero attached hydrogens (tertiary/aromatic N) is 6. The van der Waals surface area contributed by atoms with E-state index in [0.29, 0.717) is 11.9 Å². The van der Waals surface area contributed by atoms with Crippen molar-refractivity contribution in [2.75, 3.05) is 37.0 Å². The fourth-order valence-corrected chi connectivity index (χ4v) is 3.87. The Bertz CT molecular complexity index is 748. The molecule has 25 heavy (non-hydrogen) atoms. The van der Waals surface area contributed by atoms with Gasteiger partial charge in [-0.25, -0.2) is 9.97 Å². The van der Waals surface area contributed by atoms with Crippen molar-refractivity contribution >= 4 is 11.8 Å². The van der Waals surface area contributed by atoms with Gasteiger partial charge in [-0.15, -0.1) is 0 Å². The summed E-state index contributed by atoms with van der Waals surface area (Å²) >= 11 is 0. The van der Waals surface area contributed by atoms with Gasteiger partial charge in [0.25, 0.3) is 5.95 Å². The molecule has 1 fully saturated rings. The summed E-state index contributed by atoms with van der Waals surface area (Å²) in [7, 11) is 3.86. The molecule has 134 valence electrons. The molecule has 0 unspecified atom stereocenters. The Balaban J connectivity index is 1.49. The zero-order valence-corrected chi connectivity index (χ0v) is 15.3. The molecule has 0 spiro atoms. The van der Waals surface area contributed by atoms with Crippen LogP contribution in [0.1, 0.15) is 54.6 Å². The fraction of sp³-hybridized carbons (Fsp3) is 0.667. The SMILES string of the molecule is Cc1nc2c(c(N3CCC(c4nc(N(C)C)no4)CC3)n1)CCCC2. The molecule has 0 bridgehead atoms. The molecule has 0 amide bonds. The highest BCUT2D eigenvalue weighted by molar-refractivity contribution is 5.50. The minimum absolute atomic E-state index is 0.344. The Morgan fingerprint density at radius 1 is 1.04 bits per heavy atom. The monoisotopic (exact) mass is 342 g/mol. The molecule has 0 radical (unpaired) electrons. The van der Waals surface area contributed by atoms with Crippen LogP contribution in [0, 0.1) is 6.92 Å². The maximum absolute atomic E-state index is 5.47. The van der Waals surface area contributed by atoms with Gasteiger partial charge < -0.3 is 14.3 Å². The van der Waals surface area contributed by atoms with E-state index in [4.69, 9.17) is 9.51 Å². The van der Waals surface area contributed by atoms with E-state index in [2.05, 4.69) is 20.0 Å². The van der Waals surface area contributed by atoms with Crippen LogP contribution in [0.3, 0.4) is 0 Å². The third-order valence-electron chi connectivity index (χ3n) is 5.25. The lowest BCUT2D eigenvalue weighted by molar-refractivity contribution is 0.328. The van der Waals surface area contributed by atoms with Crippen LogP contribution in [-0.4, -0.2) is 47.3 Å². The van der Waals surface area contributed by atoms with Crippen LogP contribution in [-0.2, 0) is 12.8 Å². The van der Waals surface area contributed by atoms with Crippen LogP contribution in [0.5, 0.6) is 0 Å². The summed E-state index contributed by atoms with van der Waals surface area (Å²) in [5.41, 5.74) is 2.64. The third kappa shape index (κ3) is 3.19. The quantitative estimate of drug-likeness (QED) is 0.848. The van der Waals surface area contributed by atoms with E-state index in [9.17, 15) is 0 Å². The highest BCUT2D eigenvalue weighted by Gasteiger charge is 2.28. The molecule has 7 nitrogen and oxygen atoms in total. The lowest BCUT2D eigenvalue weighted by atomic mass is 9.93. The molecule has 1 saturated heterocycles. The first kappa shape index (κ1) is 16.3. The Morgan fingerprint density at radius 3 is 2.52 bits per heavy atom. The third-order valence-corrected chi connectivity index (χ3v) is 5.25. The van der Waals surface area contributed by atoms with Crippen LogP contribution >= 0.6 is 0 Å². The second-order valence-corrected chi connectivity index (χ2v) is 7.32. The van der Waals surface area contributed by atoms with Crippen LogP contribution < -0.4 is 9.80 Å². The lowest BCUT2D eigenvalue weighted by Crippen LogP contribution is -2.35. The van der Waals surface area contributed by atoms with Crippen molar-refractivity contribution in [1.29, 1.82) is 0 Å². The molecule has 2 aromatic heterocycles. The van der Waals surface area contributed by atoms with Gasteiger partial charge in [0.05, 0.1) is 0 Å². The number of rotatable bonds is 3. The molecule has 0 atom stereocenters. The number of aryl methyl sites for hydroxylation is 2. The summed E-state index contributed by atoms with van der Waals surface area (Å²) in [6.07, 6.45) is 6.74. The second kappa shape index (κ2) is 6.61. The average molecular weight is 342 g/mol. The van der Waals surface area contributed by atoms with Crippen molar-refractivity contribution in [2.45, 2.75) is 51.4 Å². The first-order valence-electron chi connectivity index (χ1n) is 9.24. The Hall–Kier alpha value is -2.18. The highest BCUT2D eigenvalue weighted by Crippen LogP contribution is 2.33. The van der Waals surface area contributed by atoms with Crippen molar-refractivity contribution in [3.63, 3.8) is 0 Å². The molecule has 3 heterocycles. The molecule has 0 N–H and O–H groups in total. The van der Waals surface area contributed by atoms with E-state index in [1.807, 2.05) is 25.9 Å². The second-order valence-electron chi connectivity index (χ2n) is 7.32. The number of aromatic nitrogens is 4. The van der Waals surface area contributed by atoms with Crippen molar-refractivity contribution in [3.05, 3.63) is 23.0 Å². The van der Waals surface area contributed by atoms with Crippen LogP contribution in [0.25, 0.3) is 0 Å².